The molecule has 2 aliphatic heterocycles. The molecule has 25 heavy (non-hydrogen) atoms. The summed E-state index contributed by atoms with van der Waals surface area (Å²) in [6.45, 7) is 5.15. The number of likely N-dealkylation sites (tertiary alicyclic amines) is 1. The van der Waals surface area contributed by atoms with E-state index in [4.69, 9.17) is 0 Å². The van der Waals surface area contributed by atoms with Crippen molar-refractivity contribution in [1.82, 2.24) is 19.8 Å². The lowest BCUT2D eigenvalue weighted by atomic mass is 9.78. The Bertz CT molecular complexity index is 570. The van der Waals surface area contributed by atoms with Gasteiger partial charge in [-0.3, -0.25) is 9.69 Å². The first-order valence-corrected chi connectivity index (χ1v) is 9.85. The van der Waals surface area contributed by atoms with E-state index in [1.165, 1.54) is 38.5 Å². The molecule has 3 fully saturated rings. The van der Waals surface area contributed by atoms with Crippen LogP contribution in [0.2, 0.25) is 0 Å². The van der Waals surface area contributed by atoms with Gasteiger partial charge in [0.1, 0.15) is 0 Å². The van der Waals surface area contributed by atoms with Crippen LogP contribution in [0.25, 0.3) is 0 Å². The van der Waals surface area contributed by atoms with Crippen molar-refractivity contribution in [1.29, 1.82) is 0 Å². The van der Waals surface area contributed by atoms with Crippen LogP contribution >= 0.6 is 0 Å². The number of anilines is 1. The lowest BCUT2D eigenvalue weighted by molar-refractivity contribution is -0.138. The van der Waals surface area contributed by atoms with Crippen molar-refractivity contribution in [3.05, 3.63) is 18.5 Å². The molecule has 1 amide bonds. The predicted octanol–water partition coefficient (Wildman–Crippen LogP) is 1.78. The van der Waals surface area contributed by atoms with Crippen molar-refractivity contribution < 1.29 is 4.79 Å². The fourth-order valence-corrected chi connectivity index (χ4v) is 4.78. The van der Waals surface area contributed by atoms with Crippen LogP contribution < -0.4 is 4.90 Å². The number of nitrogens with zero attached hydrogens (tertiary/aromatic N) is 5. The zero-order valence-corrected chi connectivity index (χ0v) is 15.0. The summed E-state index contributed by atoms with van der Waals surface area (Å²) in [5.41, 5.74) is 0. The smallest absolute Gasteiger partial charge is 0.237 e. The number of rotatable bonds is 3. The van der Waals surface area contributed by atoms with E-state index in [-0.39, 0.29) is 0 Å². The minimum absolute atomic E-state index is 0.348. The van der Waals surface area contributed by atoms with Crippen LogP contribution in [-0.2, 0) is 4.79 Å². The third-order valence-electron chi connectivity index (χ3n) is 6.13. The first-order chi connectivity index (χ1) is 12.3. The summed E-state index contributed by atoms with van der Waals surface area (Å²) < 4.78 is 0. The van der Waals surface area contributed by atoms with Gasteiger partial charge in [0.2, 0.25) is 11.9 Å². The van der Waals surface area contributed by atoms with Crippen LogP contribution in [0.1, 0.15) is 38.5 Å². The molecule has 0 radical (unpaired) electrons. The highest BCUT2D eigenvalue weighted by Gasteiger charge is 2.36. The Balaban J connectivity index is 1.30. The second-order valence-electron chi connectivity index (χ2n) is 7.65. The van der Waals surface area contributed by atoms with Crippen molar-refractivity contribution >= 4 is 11.9 Å². The molecular weight excluding hydrogens is 314 g/mol. The highest BCUT2D eigenvalue weighted by Crippen LogP contribution is 2.35. The maximum Gasteiger partial charge on any atom is 0.237 e. The van der Waals surface area contributed by atoms with Crippen molar-refractivity contribution in [2.75, 3.05) is 44.2 Å². The third kappa shape index (κ3) is 3.78. The predicted molar refractivity (Wildman–Crippen MR) is 97.4 cm³/mol. The molecule has 1 aliphatic carbocycles. The number of hydrogen-bond acceptors (Lipinski definition) is 5. The van der Waals surface area contributed by atoms with Crippen LogP contribution in [0.4, 0.5) is 5.95 Å². The van der Waals surface area contributed by atoms with Crippen LogP contribution in [0.3, 0.4) is 0 Å². The second-order valence-corrected chi connectivity index (χ2v) is 7.65. The van der Waals surface area contributed by atoms with Gasteiger partial charge in [0.25, 0.3) is 0 Å². The van der Waals surface area contributed by atoms with E-state index in [1.807, 2.05) is 6.07 Å². The van der Waals surface area contributed by atoms with Gasteiger partial charge >= 0.3 is 0 Å². The SMILES string of the molecule is O=C(CN1CCN(c2ncccn2)CC1)N1CCC[C@@H]2CCCC[C@@H]21. The van der Waals surface area contributed by atoms with Crippen LogP contribution in [0.15, 0.2) is 18.5 Å². The number of amides is 1. The maximum atomic E-state index is 12.9. The molecular formula is C19H29N5O. The van der Waals surface area contributed by atoms with E-state index >= 15 is 0 Å². The monoisotopic (exact) mass is 343 g/mol. The summed E-state index contributed by atoms with van der Waals surface area (Å²) in [6.07, 6.45) is 11.3. The summed E-state index contributed by atoms with van der Waals surface area (Å²) in [5.74, 6) is 1.91. The third-order valence-corrected chi connectivity index (χ3v) is 6.13. The Morgan fingerprint density at radius 1 is 0.960 bits per heavy atom. The molecule has 3 heterocycles. The molecule has 4 rings (SSSR count). The number of fused-ring (bicyclic) bond motifs is 1. The quantitative estimate of drug-likeness (QED) is 0.837. The van der Waals surface area contributed by atoms with Crippen LogP contribution in [0, 0.1) is 5.92 Å². The molecule has 6 nitrogen and oxygen atoms in total. The van der Waals surface area contributed by atoms with E-state index in [0.29, 0.717) is 18.5 Å². The first kappa shape index (κ1) is 16.8. The van der Waals surface area contributed by atoms with Gasteiger partial charge in [0, 0.05) is 51.2 Å². The lowest BCUT2D eigenvalue weighted by Gasteiger charge is -2.45. The highest BCUT2D eigenvalue weighted by molar-refractivity contribution is 5.78. The van der Waals surface area contributed by atoms with E-state index < -0.39 is 0 Å². The minimum atomic E-state index is 0.348. The first-order valence-electron chi connectivity index (χ1n) is 9.85. The topological polar surface area (TPSA) is 52.6 Å². The zero-order chi connectivity index (χ0) is 17.1. The molecule has 1 saturated carbocycles. The number of aromatic nitrogens is 2. The molecule has 1 aromatic heterocycles. The van der Waals surface area contributed by atoms with Gasteiger partial charge in [-0.25, -0.2) is 9.97 Å². The largest absolute Gasteiger partial charge is 0.338 e. The molecule has 3 aliphatic rings. The standard InChI is InChI=1S/C19H29N5O/c25-18(24-10-3-6-16-5-1-2-7-17(16)24)15-22-11-13-23(14-12-22)19-20-8-4-9-21-19/h4,8-9,16-17H,1-3,5-7,10-15H2/t16-,17-/m0/s1. The van der Waals surface area contributed by atoms with Gasteiger partial charge in [-0.1, -0.05) is 12.8 Å². The zero-order valence-electron chi connectivity index (χ0n) is 15.0. The van der Waals surface area contributed by atoms with E-state index in [1.54, 1.807) is 12.4 Å². The summed E-state index contributed by atoms with van der Waals surface area (Å²) in [4.78, 5) is 28.3. The Labute approximate surface area is 150 Å². The van der Waals surface area contributed by atoms with Crippen molar-refractivity contribution in [3.63, 3.8) is 0 Å². The van der Waals surface area contributed by atoms with E-state index in [9.17, 15) is 4.79 Å². The molecule has 136 valence electrons. The summed E-state index contributed by atoms with van der Waals surface area (Å²) >= 11 is 0. The normalized spacial score (nSPS) is 27.8. The summed E-state index contributed by atoms with van der Waals surface area (Å²) in [6, 6.07) is 2.37. The van der Waals surface area contributed by atoms with Gasteiger partial charge in [-0.15, -0.1) is 0 Å². The second kappa shape index (κ2) is 7.68. The Morgan fingerprint density at radius 2 is 1.68 bits per heavy atom. The number of piperidine rings is 1. The van der Waals surface area contributed by atoms with Crippen LogP contribution in [0.5, 0.6) is 0 Å². The average Bonchev–Trinajstić information content (AvgIpc) is 2.69. The molecule has 1 aromatic rings. The number of carbonyl (C=O) groups is 1. The van der Waals surface area contributed by atoms with Gasteiger partial charge in [0.15, 0.2) is 0 Å². The van der Waals surface area contributed by atoms with Gasteiger partial charge < -0.3 is 9.80 Å². The van der Waals surface area contributed by atoms with Crippen molar-refractivity contribution in [2.45, 2.75) is 44.6 Å². The number of piperazine rings is 1. The highest BCUT2D eigenvalue weighted by atomic mass is 16.2. The Kier molecular flexibility index (Phi) is 5.15. The van der Waals surface area contributed by atoms with Gasteiger partial charge in [-0.05, 0) is 37.7 Å². The summed E-state index contributed by atoms with van der Waals surface area (Å²) in [5, 5.41) is 0. The molecule has 0 unspecified atom stereocenters. The molecule has 6 heteroatoms. The Morgan fingerprint density at radius 3 is 2.48 bits per heavy atom. The van der Waals surface area contributed by atoms with Gasteiger partial charge in [-0.2, -0.15) is 0 Å². The van der Waals surface area contributed by atoms with Gasteiger partial charge in [0.05, 0.1) is 6.54 Å². The van der Waals surface area contributed by atoms with Crippen LogP contribution in [-0.4, -0.2) is 71.0 Å². The molecule has 0 N–H and O–H groups in total. The lowest BCUT2D eigenvalue weighted by Crippen LogP contribution is -2.55. The van der Waals surface area contributed by atoms with Crippen molar-refractivity contribution in [2.24, 2.45) is 5.92 Å². The number of hydrogen-bond donors (Lipinski definition) is 0. The fraction of sp³-hybridized carbons (Fsp3) is 0.737. The molecule has 0 aromatic carbocycles. The molecule has 0 spiro atoms. The molecule has 2 atom stereocenters. The minimum Gasteiger partial charge on any atom is -0.338 e. The van der Waals surface area contributed by atoms with E-state index in [2.05, 4.69) is 24.7 Å². The van der Waals surface area contributed by atoms with E-state index in [0.717, 1.165) is 44.6 Å². The Hall–Kier alpha value is -1.69. The van der Waals surface area contributed by atoms with Crippen molar-refractivity contribution in [3.8, 4) is 0 Å². The molecule has 0 bridgehead atoms. The molecule has 2 saturated heterocycles. The number of carbonyl (C=O) groups excluding carboxylic acids is 1. The maximum absolute atomic E-state index is 12.9. The fourth-order valence-electron chi connectivity index (χ4n) is 4.78. The average molecular weight is 343 g/mol. The summed E-state index contributed by atoms with van der Waals surface area (Å²) in [7, 11) is 0.